The summed E-state index contributed by atoms with van der Waals surface area (Å²) in [4.78, 5) is 3.44. The molecule has 18 heavy (non-hydrogen) atoms. The maximum Gasteiger partial charge on any atom is 0.214 e. The molecular formula is C12H16F2N2O2. The standard InChI is InChI=1S/C12H16F2N2O2/c1-12(2)7-17-8(6-18-12)5-15-11-9(13)3-4-10(14)16-11/h3-4,8H,5-7H2,1-2H3,(H,15,16). The highest BCUT2D eigenvalue weighted by Gasteiger charge is 2.28. The molecule has 0 aliphatic carbocycles. The summed E-state index contributed by atoms with van der Waals surface area (Å²) in [6.45, 7) is 5.08. The van der Waals surface area contributed by atoms with Gasteiger partial charge in [-0.1, -0.05) is 0 Å². The monoisotopic (exact) mass is 258 g/mol. The van der Waals surface area contributed by atoms with Gasteiger partial charge in [-0.05, 0) is 26.0 Å². The molecule has 1 unspecified atom stereocenters. The van der Waals surface area contributed by atoms with Crippen molar-refractivity contribution in [2.24, 2.45) is 0 Å². The molecule has 0 bridgehead atoms. The highest BCUT2D eigenvalue weighted by Crippen LogP contribution is 2.18. The second kappa shape index (κ2) is 5.16. The Morgan fingerprint density at radius 1 is 1.44 bits per heavy atom. The lowest BCUT2D eigenvalue weighted by atomic mass is 10.1. The summed E-state index contributed by atoms with van der Waals surface area (Å²) < 4.78 is 37.2. The van der Waals surface area contributed by atoms with Crippen LogP contribution >= 0.6 is 0 Å². The fourth-order valence-electron chi connectivity index (χ4n) is 1.60. The molecule has 1 N–H and O–H groups in total. The van der Waals surface area contributed by atoms with Crippen LogP contribution in [0.4, 0.5) is 14.6 Å². The van der Waals surface area contributed by atoms with Crippen LogP contribution in [0.3, 0.4) is 0 Å². The van der Waals surface area contributed by atoms with E-state index in [2.05, 4.69) is 10.3 Å². The van der Waals surface area contributed by atoms with Crippen LogP contribution in [-0.2, 0) is 9.47 Å². The molecule has 4 nitrogen and oxygen atoms in total. The first-order chi connectivity index (χ1) is 8.46. The number of halogens is 2. The molecule has 1 aromatic rings. The zero-order chi connectivity index (χ0) is 13.2. The van der Waals surface area contributed by atoms with Crippen molar-refractivity contribution in [1.82, 2.24) is 4.98 Å². The predicted molar refractivity (Wildman–Crippen MR) is 62.4 cm³/mol. The summed E-state index contributed by atoms with van der Waals surface area (Å²) >= 11 is 0. The Morgan fingerprint density at radius 3 is 2.89 bits per heavy atom. The predicted octanol–water partition coefficient (Wildman–Crippen LogP) is 1.97. The third-order valence-corrected chi connectivity index (χ3v) is 2.64. The number of pyridine rings is 1. The largest absolute Gasteiger partial charge is 0.371 e. The molecule has 1 aliphatic heterocycles. The van der Waals surface area contributed by atoms with Gasteiger partial charge in [0, 0.05) is 6.54 Å². The number of nitrogens with zero attached hydrogens (tertiary/aromatic N) is 1. The Morgan fingerprint density at radius 2 is 2.22 bits per heavy atom. The lowest BCUT2D eigenvalue weighted by Crippen LogP contribution is -2.44. The average Bonchev–Trinajstić information content (AvgIpc) is 2.32. The van der Waals surface area contributed by atoms with E-state index in [0.717, 1.165) is 12.1 Å². The minimum Gasteiger partial charge on any atom is -0.371 e. The average molecular weight is 258 g/mol. The van der Waals surface area contributed by atoms with Crippen molar-refractivity contribution in [3.8, 4) is 0 Å². The molecule has 100 valence electrons. The molecule has 2 heterocycles. The molecule has 2 rings (SSSR count). The first kappa shape index (κ1) is 13.2. The summed E-state index contributed by atoms with van der Waals surface area (Å²) in [6.07, 6.45) is -0.192. The van der Waals surface area contributed by atoms with Crippen LogP contribution in [0.5, 0.6) is 0 Å². The van der Waals surface area contributed by atoms with Crippen LogP contribution in [0.1, 0.15) is 13.8 Å². The SMILES string of the molecule is CC1(C)COC(CNc2nc(F)ccc2F)CO1. The van der Waals surface area contributed by atoms with E-state index >= 15 is 0 Å². The number of anilines is 1. The number of hydrogen-bond acceptors (Lipinski definition) is 4. The number of rotatable bonds is 3. The second-order valence-electron chi connectivity index (χ2n) is 4.85. The molecule has 6 heteroatoms. The molecule has 0 spiro atoms. The quantitative estimate of drug-likeness (QED) is 0.842. The van der Waals surface area contributed by atoms with Gasteiger partial charge in [-0.15, -0.1) is 0 Å². The summed E-state index contributed by atoms with van der Waals surface area (Å²) in [5, 5.41) is 2.72. The maximum atomic E-state index is 13.3. The Balaban J connectivity index is 1.87. The van der Waals surface area contributed by atoms with Gasteiger partial charge in [0.25, 0.3) is 0 Å². The Kier molecular flexibility index (Phi) is 3.77. The highest BCUT2D eigenvalue weighted by atomic mass is 19.1. The van der Waals surface area contributed by atoms with Crippen molar-refractivity contribution in [3.63, 3.8) is 0 Å². The van der Waals surface area contributed by atoms with E-state index in [9.17, 15) is 8.78 Å². The zero-order valence-electron chi connectivity index (χ0n) is 10.4. The van der Waals surface area contributed by atoms with E-state index in [-0.39, 0.29) is 17.5 Å². The maximum absolute atomic E-state index is 13.3. The topological polar surface area (TPSA) is 43.4 Å². The summed E-state index contributed by atoms with van der Waals surface area (Å²) in [6, 6.07) is 2.01. The number of hydrogen-bond donors (Lipinski definition) is 1. The van der Waals surface area contributed by atoms with E-state index in [0.29, 0.717) is 19.8 Å². The van der Waals surface area contributed by atoms with Crippen LogP contribution in [0.25, 0.3) is 0 Å². The highest BCUT2D eigenvalue weighted by molar-refractivity contribution is 5.35. The molecule has 1 aliphatic rings. The first-order valence-electron chi connectivity index (χ1n) is 5.78. The molecule has 0 aromatic carbocycles. The Bertz CT molecular complexity index is 417. The summed E-state index contributed by atoms with van der Waals surface area (Å²) in [5.41, 5.74) is -0.293. The first-order valence-corrected chi connectivity index (χ1v) is 5.78. The summed E-state index contributed by atoms with van der Waals surface area (Å²) in [7, 11) is 0. The third kappa shape index (κ3) is 3.36. The number of aromatic nitrogens is 1. The van der Waals surface area contributed by atoms with Crippen LogP contribution < -0.4 is 5.32 Å². The third-order valence-electron chi connectivity index (χ3n) is 2.64. The van der Waals surface area contributed by atoms with Crippen molar-refractivity contribution in [3.05, 3.63) is 23.9 Å². The van der Waals surface area contributed by atoms with Gasteiger partial charge in [-0.2, -0.15) is 9.37 Å². The van der Waals surface area contributed by atoms with E-state index in [1.165, 1.54) is 0 Å². The number of ether oxygens (including phenoxy) is 2. The van der Waals surface area contributed by atoms with Crippen LogP contribution in [-0.4, -0.2) is 36.4 Å². The van der Waals surface area contributed by atoms with Crippen LogP contribution in [0.2, 0.25) is 0 Å². The Labute approximate surface area is 104 Å². The van der Waals surface area contributed by atoms with Crippen LogP contribution in [0, 0.1) is 11.8 Å². The second-order valence-corrected chi connectivity index (χ2v) is 4.85. The summed E-state index contributed by atoms with van der Waals surface area (Å²) in [5.74, 6) is -1.42. The zero-order valence-corrected chi connectivity index (χ0v) is 10.4. The minimum absolute atomic E-state index is 0.108. The van der Waals surface area contributed by atoms with Crippen molar-refractivity contribution in [2.45, 2.75) is 25.6 Å². The fourth-order valence-corrected chi connectivity index (χ4v) is 1.60. The van der Waals surface area contributed by atoms with Crippen molar-refractivity contribution in [2.75, 3.05) is 25.1 Å². The van der Waals surface area contributed by atoms with Crippen molar-refractivity contribution >= 4 is 5.82 Å². The van der Waals surface area contributed by atoms with Gasteiger partial charge in [-0.25, -0.2) is 4.39 Å². The van der Waals surface area contributed by atoms with Crippen LogP contribution in [0.15, 0.2) is 12.1 Å². The molecule has 0 radical (unpaired) electrons. The number of nitrogens with one attached hydrogen (secondary N) is 1. The van der Waals surface area contributed by atoms with E-state index in [4.69, 9.17) is 9.47 Å². The van der Waals surface area contributed by atoms with Gasteiger partial charge in [0.15, 0.2) is 11.6 Å². The Hall–Kier alpha value is -1.27. The van der Waals surface area contributed by atoms with Gasteiger partial charge in [-0.3, -0.25) is 0 Å². The van der Waals surface area contributed by atoms with E-state index in [1.54, 1.807) is 0 Å². The molecule has 0 amide bonds. The molecule has 1 aromatic heterocycles. The van der Waals surface area contributed by atoms with Crippen molar-refractivity contribution < 1.29 is 18.3 Å². The van der Waals surface area contributed by atoms with Crippen molar-refractivity contribution in [1.29, 1.82) is 0 Å². The van der Waals surface area contributed by atoms with Gasteiger partial charge >= 0.3 is 0 Å². The molecule has 1 atom stereocenters. The normalized spacial score (nSPS) is 22.8. The molecule has 1 fully saturated rings. The molecule has 0 saturated carbocycles. The molecule has 1 saturated heterocycles. The lowest BCUT2D eigenvalue weighted by Gasteiger charge is -2.35. The lowest BCUT2D eigenvalue weighted by molar-refractivity contribution is -0.170. The minimum atomic E-state index is -0.721. The smallest absolute Gasteiger partial charge is 0.214 e. The molecular weight excluding hydrogens is 242 g/mol. The van der Waals surface area contributed by atoms with Gasteiger partial charge < -0.3 is 14.8 Å². The fraction of sp³-hybridized carbons (Fsp3) is 0.583. The van der Waals surface area contributed by atoms with Gasteiger partial charge in [0.2, 0.25) is 5.95 Å². The van der Waals surface area contributed by atoms with Gasteiger partial charge in [0.05, 0.1) is 24.9 Å². The van der Waals surface area contributed by atoms with E-state index in [1.807, 2.05) is 13.8 Å². The van der Waals surface area contributed by atoms with E-state index < -0.39 is 11.8 Å². The van der Waals surface area contributed by atoms with Gasteiger partial charge in [0.1, 0.15) is 0 Å².